The normalized spacial score (nSPS) is 14.9. The Bertz CT molecular complexity index is 4940. The number of fused-ring (bicyclic) bond motifs is 10. The van der Waals surface area contributed by atoms with Gasteiger partial charge in [-0.25, -0.2) is 15.0 Å². The van der Waals surface area contributed by atoms with Gasteiger partial charge in [0, 0.05) is 60.6 Å². The molecule has 0 spiro atoms. The van der Waals surface area contributed by atoms with Crippen LogP contribution in [0.25, 0.3) is 134 Å². The lowest BCUT2D eigenvalue weighted by Gasteiger charge is -2.35. The molecule has 3 aromatic heterocycles. The monoisotopic (exact) mass is 1230 g/mol. The van der Waals surface area contributed by atoms with E-state index in [1.54, 1.807) is 0 Å². The SMILES string of the molecule is CC(C)(C)c1ccc2c(c1)c1c(C3CCCCC3)ccc3c1n2-c1cc(-c2nc(-c4cc(-c5ccccc5)cc(-c5ccccc5)c4)nc(-c4cc(-c5ccccc5)cc(-c5ccccc5)c4)n2)cc2c1B3c1ccc(C3CCCCC3)c3c4cc(C(C)(C)C)ccc4n-2c13. The Morgan fingerprint density at radius 3 is 0.989 bits per heavy atom. The fraction of sp³-hybridized carbons (Fsp3) is 0.225. The molecule has 5 heterocycles. The van der Waals surface area contributed by atoms with E-state index in [0.29, 0.717) is 29.3 Å². The molecule has 0 N–H and O–H groups in total. The van der Waals surface area contributed by atoms with Crippen molar-refractivity contribution in [3.05, 3.63) is 253 Å². The van der Waals surface area contributed by atoms with E-state index < -0.39 is 0 Å². The first kappa shape index (κ1) is 57.7. The van der Waals surface area contributed by atoms with Crippen LogP contribution in [0, 0.1) is 0 Å². The van der Waals surface area contributed by atoms with Gasteiger partial charge in [-0.05, 0) is 204 Å². The molecule has 4 aliphatic rings. The van der Waals surface area contributed by atoms with E-state index in [9.17, 15) is 0 Å². The molecule has 2 fully saturated rings. The van der Waals surface area contributed by atoms with Crippen molar-refractivity contribution in [3.63, 3.8) is 0 Å². The summed E-state index contributed by atoms with van der Waals surface area (Å²) < 4.78 is 5.40. The number of nitrogens with zero attached hydrogens (tertiary/aromatic N) is 5. The highest BCUT2D eigenvalue weighted by Crippen LogP contribution is 2.49. The van der Waals surface area contributed by atoms with E-state index >= 15 is 0 Å². The Hall–Kier alpha value is -9.91. The molecule has 2 aliphatic heterocycles. The van der Waals surface area contributed by atoms with Crippen LogP contribution in [0.4, 0.5) is 0 Å². The third-order valence-corrected chi connectivity index (χ3v) is 22.0. The zero-order chi connectivity index (χ0) is 63.8. The molecule has 95 heavy (non-hydrogen) atoms. The van der Waals surface area contributed by atoms with Crippen LogP contribution >= 0.6 is 0 Å². The lowest BCUT2D eigenvalue weighted by Crippen LogP contribution is -2.59. The van der Waals surface area contributed by atoms with Crippen LogP contribution in [0.15, 0.2) is 231 Å². The molecular weight excluding hydrogens is 1150 g/mol. The summed E-state index contributed by atoms with van der Waals surface area (Å²) in [6, 6.07) is 87.0. The lowest BCUT2D eigenvalue weighted by molar-refractivity contribution is 0.445. The fourth-order valence-electron chi connectivity index (χ4n) is 17.2. The molecule has 11 aromatic carbocycles. The maximum atomic E-state index is 5.87. The van der Waals surface area contributed by atoms with Crippen molar-refractivity contribution < 1.29 is 0 Å². The minimum absolute atomic E-state index is 0.0311. The number of aromatic nitrogens is 5. The summed E-state index contributed by atoms with van der Waals surface area (Å²) in [5.41, 5.74) is 29.1. The number of hydrogen-bond acceptors (Lipinski definition) is 3. The minimum atomic E-state index is -0.0444. The average Bonchev–Trinajstić information content (AvgIpc) is 1.56. The van der Waals surface area contributed by atoms with Gasteiger partial charge < -0.3 is 9.13 Å². The molecule has 2 saturated carbocycles. The maximum absolute atomic E-state index is 5.87. The zero-order valence-corrected chi connectivity index (χ0v) is 55.5. The van der Waals surface area contributed by atoms with E-state index in [-0.39, 0.29) is 17.5 Å². The van der Waals surface area contributed by atoms with E-state index in [1.165, 1.54) is 158 Å². The molecular formula is C89H78BN5. The first-order chi connectivity index (χ1) is 46.4. The lowest BCUT2D eigenvalue weighted by atomic mass is 9.34. The second-order valence-electron chi connectivity index (χ2n) is 30.0. The first-order valence-corrected chi connectivity index (χ1v) is 35.1. The van der Waals surface area contributed by atoms with Crippen LogP contribution < -0.4 is 16.4 Å². The molecule has 5 nitrogen and oxygen atoms in total. The topological polar surface area (TPSA) is 48.5 Å². The predicted molar refractivity (Wildman–Crippen MR) is 400 cm³/mol. The van der Waals surface area contributed by atoms with Crippen molar-refractivity contribution >= 4 is 66.7 Å². The molecule has 0 atom stereocenters. The van der Waals surface area contributed by atoms with Gasteiger partial charge in [-0.3, -0.25) is 0 Å². The summed E-state index contributed by atoms with van der Waals surface area (Å²) in [5.74, 6) is 2.87. The number of hydrogen-bond donors (Lipinski definition) is 0. The molecule has 0 unspecified atom stereocenters. The molecule has 14 aromatic rings. The number of benzene rings is 11. The zero-order valence-electron chi connectivity index (χ0n) is 55.5. The van der Waals surface area contributed by atoms with Gasteiger partial charge in [0.25, 0.3) is 6.71 Å². The largest absolute Gasteiger partial charge is 0.310 e. The average molecular weight is 1230 g/mol. The Balaban J connectivity index is 0.977. The van der Waals surface area contributed by atoms with Gasteiger partial charge >= 0.3 is 0 Å². The van der Waals surface area contributed by atoms with Gasteiger partial charge in [-0.2, -0.15) is 0 Å². The molecule has 2 aliphatic carbocycles. The van der Waals surface area contributed by atoms with Crippen LogP contribution in [0.2, 0.25) is 0 Å². The van der Waals surface area contributed by atoms with Gasteiger partial charge in [0.05, 0.1) is 11.0 Å². The van der Waals surface area contributed by atoms with E-state index in [2.05, 4.69) is 281 Å². The summed E-state index contributed by atoms with van der Waals surface area (Å²) >= 11 is 0. The first-order valence-electron chi connectivity index (χ1n) is 35.1. The van der Waals surface area contributed by atoms with Crippen molar-refractivity contribution in [2.45, 2.75) is 128 Å². The second-order valence-corrected chi connectivity index (χ2v) is 30.0. The summed E-state index contributed by atoms with van der Waals surface area (Å²) in [4.78, 5) is 17.4. The minimum Gasteiger partial charge on any atom is -0.310 e. The molecule has 0 radical (unpaired) electrons. The Kier molecular flexibility index (Phi) is 13.6. The van der Waals surface area contributed by atoms with Crippen LogP contribution in [0.5, 0.6) is 0 Å². The summed E-state index contributed by atoms with van der Waals surface area (Å²) in [6.45, 7) is 14.2. The van der Waals surface area contributed by atoms with Crippen LogP contribution in [-0.4, -0.2) is 30.8 Å². The standard InChI is InChI=1S/C89H78BN5/c1-88(2,3)68-37-43-76-72(53-68)80-70(59-33-21-11-22-34-59)39-41-74-83(80)94(76)78-51-67(52-79-82(78)90(74)75-42-40-71(60-35-23-12-24-36-60)81-73-54-69(89(4,5)6)38-44-77(73)95(79)84(75)81)87-92-85(65-47-61(55-25-13-7-14-26-55)45-62(48-65)56-27-15-8-16-28-56)91-86(93-87)66-49-63(57-29-17-9-18-30-57)46-64(50-66)58-31-19-10-20-32-58/h7-10,13-20,25-32,37-54,59-60H,11-12,21-24,33-36H2,1-6H3. The Morgan fingerprint density at radius 2 is 0.653 bits per heavy atom. The molecule has 462 valence electrons. The summed E-state index contributed by atoms with van der Waals surface area (Å²) in [6.07, 6.45) is 12.6. The highest BCUT2D eigenvalue weighted by molar-refractivity contribution is 7.00. The molecule has 0 amide bonds. The summed E-state index contributed by atoms with van der Waals surface area (Å²) in [7, 11) is 0. The quantitative estimate of drug-likeness (QED) is 0.135. The number of rotatable bonds is 9. The van der Waals surface area contributed by atoms with Crippen LogP contribution in [0.3, 0.4) is 0 Å². The van der Waals surface area contributed by atoms with Crippen molar-refractivity contribution in [2.24, 2.45) is 0 Å². The molecule has 18 rings (SSSR count). The van der Waals surface area contributed by atoms with E-state index in [0.717, 1.165) is 61.2 Å². The predicted octanol–water partition coefficient (Wildman–Crippen LogP) is 21.6. The van der Waals surface area contributed by atoms with Gasteiger partial charge in [0.2, 0.25) is 0 Å². The van der Waals surface area contributed by atoms with E-state index in [1.807, 2.05) is 0 Å². The van der Waals surface area contributed by atoms with Gasteiger partial charge in [-0.1, -0.05) is 238 Å². The summed E-state index contributed by atoms with van der Waals surface area (Å²) in [5, 5.41) is 5.59. The Morgan fingerprint density at radius 1 is 0.326 bits per heavy atom. The molecule has 0 saturated heterocycles. The van der Waals surface area contributed by atoms with Crippen molar-refractivity contribution in [1.29, 1.82) is 0 Å². The highest BCUT2D eigenvalue weighted by atomic mass is 15.1. The third-order valence-electron chi connectivity index (χ3n) is 22.0. The van der Waals surface area contributed by atoms with E-state index in [4.69, 9.17) is 15.0 Å². The fourth-order valence-corrected chi connectivity index (χ4v) is 17.2. The van der Waals surface area contributed by atoms with Crippen molar-refractivity contribution in [3.8, 4) is 90.0 Å². The highest BCUT2D eigenvalue weighted by Gasteiger charge is 2.43. The smallest absolute Gasteiger partial charge is 0.252 e. The second kappa shape index (κ2) is 22.4. The third kappa shape index (κ3) is 9.67. The van der Waals surface area contributed by atoms with Crippen LogP contribution in [-0.2, 0) is 10.8 Å². The van der Waals surface area contributed by atoms with Gasteiger partial charge in [-0.15, -0.1) is 0 Å². The van der Waals surface area contributed by atoms with Gasteiger partial charge in [0.15, 0.2) is 17.5 Å². The van der Waals surface area contributed by atoms with Gasteiger partial charge in [0.1, 0.15) is 0 Å². The Labute approximate surface area is 558 Å². The molecule has 6 heteroatoms. The van der Waals surface area contributed by atoms with Crippen molar-refractivity contribution in [2.75, 3.05) is 0 Å². The maximum Gasteiger partial charge on any atom is 0.252 e. The van der Waals surface area contributed by atoms with Crippen LogP contribution in [0.1, 0.15) is 140 Å². The van der Waals surface area contributed by atoms with Crippen molar-refractivity contribution in [1.82, 2.24) is 24.1 Å². The molecule has 0 bridgehead atoms.